The SMILES string of the molecule is N#CC(Nc1cccc(F)c1)C1CCCO1. The number of anilines is 1. The normalized spacial score (nSPS) is 21.4. The van der Waals surface area contributed by atoms with E-state index in [4.69, 9.17) is 10.00 Å². The lowest BCUT2D eigenvalue weighted by molar-refractivity contribution is 0.107. The molecule has 0 saturated carbocycles. The lowest BCUT2D eigenvalue weighted by Crippen LogP contribution is -2.31. The van der Waals surface area contributed by atoms with Crippen LogP contribution in [0.1, 0.15) is 12.8 Å². The molecule has 1 aromatic carbocycles. The third-order valence-electron chi connectivity index (χ3n) is 2.62. The summed E-state index contributed by atoms with van der Waals surface area (Å²) in [5, 5.41) is 12.0. The van der Waals surface area contributed by atoms with E-state index < -0.39 is 6.04 Å². The zero-order chi connectivity index (χ0) is 11.4. The van der Waals surface area contributed by atoms with Gasteiger partial charge in [-0.3, -0.25) is 0 Å². The molecule has 0 spiro atoms. The van der Waals surface area contributed by atoms with Gasteiger partial charge in [0.2, 0.25) is 0 Å². The van der Waals surface area contributed by atoms with Crippen molar-refractivity contribution in [3.8, 4) is 6.07 Å². The van der Waals surface area contributed by atoms with E-state index in [1.807, 2.05) is 0 Å². The fourth-order valence-electron chi connectivity index (χ4n) is 1.83. The summed E-state index contributed by atoms with van der Waals surface area (Å²) in [6.07, 6.45) is 1.77. The highest BCUT2D eigenvalue weighted by Crippen LogP contribution is 2.19. The molecule has 3 nitrogen and oxygen atoms in total. The second-order valence-corrected chi connectivity index (χ2v) is 3.81. The molecule has 1 saturated heterocycles. The maximum atomic E-state index is 12.9. The number of hydrogen-bond acceptors (Lipinski definition) is 3. The summed E-state index contributed by atoms with van der Waals surface area (Å²) in [4.78, 5) is 0. The predicted octanol–water partition coefficient (Wildman–Crippen LogP) is 2.31. The van der Waals surface area contributed by atoms with Gasteiger partial charge in [-0.15, -0.1) is 0 Å². The van der Waals surface area contributed by atoms with Crippen molar-refractivity contribution in [1.82, 2.24) is 0 Å². The third kappa shape index (κ3) is 2.50. The van der Waals surface area contributed by atoms with E-state index in [9.17, 15) is 4.39 Å². The van der Waals surface area contributed by atoms with Gasteiger partial charge in [0.25, 0.3) is 0 Å². The first-order valence-electron chi connectivity index (χ1n) is 5.33. The summed E-state index contributed by atoms with van der Waals surface area (Å²) < 4.78 is 18.4. The van der Waals surface area contributed by atoms with Crippen molar-refractivity contribution in [2.75, 3.05) is 11.9 Å². The average Bonchev–Trinajstić information content (AvgIpc) is 2.79. The van der Waals surface area contributed by atoms with Crippen LogP contribution in [-0.4, -0.2) is 18.8 Å². The second-order valence-electron chi connectivity index (χ2n) is 3.81. The Hall–Kier alpha value is -1.60. The summed E-state index contributed by atoms with van der Waals surface area (Å²) in [7, 11) is 0. The molecular weight excluding hydrogens is 207 g/mol. The van der Waals surface area contributed by atoms with Crippen LogP contribution >= 0.6 is 0 Å². The Kier molecular flexibility index (Phi) is 3.37. The molecule has 2 atom stereocenters. The zero-order valence-electron chi connectivity index (χ0n) is 8.82. The minimum Gasteiger partial charge on any atom is -0.375 e. The lowest BCUT2D eigenvalue weighted by atomic mass is 10.1. The highest BCUT2D eigenvalue weighted by molar-refractivity contribution is 5.45. The van der Waals surface area contributed by atoms with Gasteiger partial charge in [0.15, 0.2) is 0 Å². The maximum absolute atomic E-state index is 12.9. The molecule has 1 aliphatic rings. The highest BCUT2D eigenvalue weighted by atomic mass is 19.1. The largest absolute Gasteiger partial charge is 0.375 e. The van der Waals surface area contributed by atoms with Crippen LogP contribution in [0.15, 0.2) is 24.3 Å². The Morgan fingerprint density at radius 1 is 1.56 bits per heavy atom. The number of halogens is 1. The molecule has 0 radical (unpaired) electrons. The van der Waals surface area contributed by atoms with Crippen LogP contribution in [0.3, 0.4) is 0 Å². The van der Waals surface area contributed by atoms with Gasteiger partial charge in [-0.25, -0.2) is 4.39 Å². The van der Waals surface area contributed by atoms with Crippen molar-refractivity contribution >= 4 is 5.69 Å². The van der Waals surface area contributed by atoms with Crippen molar-refractivity contribution in [2.45, 2.75) is 25.0 Å². The Morgan fingerprint density at radius 2 is 2.44 bits per heavy atom. The number of benzene rings is 1. The molecular formula is C12H13FN2O. The summed E-state index contributed by atoms with van der Waals surface area (Å²) in [6.45, 7) is 0.702. The molecule has 84 valence electrons. The molecule has 0 aliphatic carbocycles. The monoisotopic (exact) mass is 220 g/mol. The number of nitrogens with zero attached hydrogens (tertiary/aromatic N) is 1. The number of rotatable bonds is 3. The molecule has 0 aromatic heterocycles. The van der Waals surface area contributed by atoms with Gasteiger partial charge in [-0.1, -0.05) is 6.07 Å². The number of nitrogens with one attached hydrogen (secondary N) is 1. The Labute approximate surface area is 93.8 Å². The van der Waals surface area contributed by atoms with Crippen molar-refractivity contribution in [3.05, 3.63) is 30.1 Å². The van der Waals surface area contributed by atoms with Crippen molar-refractivity contribution in [2.24, 2.45) is 0 Å². The minimum absolute atomic E-state index is 0.0896. The van der Waals surface area contributed by atoms with Gasteiger partial charge in [0.05, 0.1) is 12.2 Å². The first-order chi connectivity index (χ1) is 7.79. The van der Waals surface area contributed by atoms with Gasteiger partial charge in [0.1, 0.15) is 11.9 Å². The van der Waals surface area contributed by atoms with E-state index in [1.54, 1.807) is 12.1 Å². The fourth-order valence-corrected chi connectivity index (χ4v) is 1.83. The van der Waals surface area contributed by atoms with Crippen LogP contribution in [0.4, 0.5) is 10.1 Å². The third-order valence-corrected chi connectivity index (χ3v) is 2.62. The van der Waals surface area contributed by atoms with Crippen molar-refractivity contribution in [3.63, 3.8) is 0 Å². The van der Waals surface area contributed by atoms with Crippen molar-refractivity contribution in [1.29, 1.82) is 5.26 Å². The molecule has 16 heavy (non-hydrogen) atoms. The first-order valence-corrected chi connectivity index (χ1v) is 5.33. The summed E-state index contributed by atoms with van der Waals surface area (Å²) in [5.74, 6) is -0.311. The zero-order valence-corrected chi connectivity index (χ0v) is 8.82. The molecule has 2 unspecified atom stereocenters. The van der Waals surface area contributed by atoms with Gasteiger partial charge >= 0.3 is 0 Å². The van der Waals surface area contributed by atoms with Crippen LogP contribution in [0.2, 0.25) is 0 Å². The standard InChI is InChI=1S/C12H13FN2O/c13-9-3-1-4-10(7-9)15-11(8-14)12-5-2-6-16-12/h1,3-4,7,11-12,15H,2,5-6H2. The van der Waals surface area contributed by atoms with E-state index in [1.165, 1.54) is 12.1 Å². The molecule has 2 rings (SSSR count). The van der Waals surface area contributed by atoms with Gasteiger partial charge < -0.3 is 10.1 Å². The summed E-state index contributed by atoms with van der Waals surface area (Å²) in [5.41, 5.74) is 0.613. The molecule has 4 heteroatoms. The van der Waals surface area contributed by atoms with Crippen LogP contribution in [0, 0.1) is 17.1 Å². The highest BCUT2D eigenvalue weighted by Gasteiger charge is 2.25. The van der Waals surface area contributed by atoms with Crippen LogP contribution in [0.5, 0.6) is 0 Å². The molecule has 1 N–H and O–H groups in total. The van der Waals surface area contributed by atoms with Crippen LogP contribution in [-0.2, 0) is 4.74 Å². The molecule has 0 bridgehead atoms. The van der Waals surface area contributed by atoms with Crippen LogP contribution in [0.25, 0.3) is 0 Å². The quantitative estimate of drug-likeness (QED) is 0.850. The Morgan fingerprint density at radius 3 is 3.06 bits per heavy atom. The molecule has 1 aliphatic heterocycles. The van der Waals surface area contributed by atoms with E-state index in [0.29, 0.717) is 12.3 Å². The number of ether oxygens (including phenoxy) is 1. The second kappa shape index (κ2) is 4.95. The van der Waals surface area contributed by atoms with Gasteiger partial charge in [-0.2, -0.15) is 5.26 Å². The topological polar surface area (TPSA) is 45.0 Å². The predicted molar refractivity (Wildman–Crippen MR) is 58.4 cm³/mol. The molecule has 1 aromatic rings. The van der Waals surface area contributed by atoms with E-state index in [2.05, 4.69) is 11.4 Å². The van der Waals surface area contributed by atoms with Gasteiger partial charge in [0, 0.05) is 12.3 Å². The maximum Gasteiger partial charge on any atom is 0.141 e. The van der Waals surface area contributed by atoms with Crippen LogP contribution < -0.4 is 5.32 Å². The molecule has 1 heterocycles. The van der Waals surface area contributed by atoms with Gasteiger partial charge in [-0.05, 0) is 31.0 Å². The Balaban J connectivity index is 2.04. The number of hydrogen-bond donors (Lipinski definition) is 1. The van der Waals surface area contributed by atoms with Crippen molar-refractivity contribution < 1.29 is 9.13 Å². The van der Waals surface area contributed by atoms with E-state index in [-0.39, 0.29) is 11.9 Å². The Bertz CT molecular complexity index is 396. The average molecular weight is 220 g/mol. The number of nitriles is 1. The smallest absolute Gasteiger partial charge is 0.141 e. The van der Waals surface area contributed by atoms with E-state index >= 15 is 0 Å². The molecule has 0 amide bonds. The minimum atomic E-state index is -0.413. The fraction of sp³-hybridized carbons (Fsp3) is 0.417. The summed E-state index contributed by atoms with van der Waals surface area (Å²) >= 11 is 0. The first kappa shape index (κ1) is 10.9. The molecule has 1 fully saturated rings. The summed E-state index contributed by atoms with van der Waals surface area (Å²) in [6, 6.07) is 7.84. The van der Waals surface area contributed by atoms with E-state index in [0.717, 1.165) is 12.8 Å². The lowest BCUT2D eigenvalue weighted by Gasteiger charge is -2.18.